The zero-order valence-corrected chi connectivity index (χ0v) is 18.9. The highest BCUT2D eigenvalue weighted by Crippen LogP contribution is 2.35. The van der Waals surface area contributed by atoms with Gasteiger partial charge >= 0.3 is 12.1 Å². The summed E-state index contributed by atoms with van der Waals surface area (Å²) in [5, 5.41) is 13.8. The number of aryl methyl sites for hydroxylation is 2. The minimum atomic E-state index is -4.63. The van der Waals surface area contributed by atoms with Crippen LogP contribution in [0, 0.1) is 19.7 Å². The lowest BCUT2D eigenvalue weighted by Gasteiger charge is -2.22. The van der Waals surface area contributed by atoms with E-state index in [1.165, 1.54) is 18.2 Å². The zero-order chi connectivity index (χ0) is 25.3. The third-order valence-corrected chi connectivity index (χ3v) is 5.69. The number of anilines is 1. The Labute approximate surface area is 199 Å². The quantitative estimate of drug-likeness (QED) is 0.386. The predicted molar refractivity (Wildman–Crippen MR) is 124 cm³/mol. The van der Waals surface area contributed by atoms with E-state index in [0.717, 1.165) is 21.7 Å². The van der Waals surface area contributed by atoms with Crippen molar-refractivity contribution in [2.24, 2.45) is 5.10 Å². The molecule has 3 aromatic carbocycles. The van der Waals surface area contributed by atoms with Crippen molar-refractivity contribution in [1.82, 2.24) is 0 Å². The summed E-state index contributed by atoms with van der Waals surface area (Å²) in [6, 6.07) is 15.4. The van der Waals surface area contributed by atoms with Gasteiger partial charge in [0.25, 0.3) is 0 Å². The van der Waals surface area contributed by atoms with Crippen LogP contribution in [-0.2, 0) is 4.79 Å². The first-order valence-corrected chi connectivity index (χ1v) is 10.8. The van der Waals surface area contributed by atoms with Crippen LogP contribution >= 0.6 is 0 Å². The summed E-state index contributed by atoms with van der Waals surface area (Å²) in [5.74, 6) is -0.587. The number of carboxylic acid groups (broad SMARTS) is 1. The number of ether oxygens (including phenoxy) is 1. The molecule has 0 saturated carbocycles. The lowest BCUT2D eigenvalue weighted by atomic mass is 9.98. The highest BCUT2D eigenvalue weighted by molar-refractivity contribution is 5.94. The second kappa shape index (κ2) is 9.40. The highest BCUT2D eigenvalue weighted by atomic mass is 19.4. The number of nitrogens with zero attached hydrogens (tertiary/aromatic N) is 2. The lowest BCUT2D eigenvalue weighted by molar-refractivity contribution is -0.137. The largest absolute Gasteiger partial charge is 0.481 e. The van der Waals surface area contributed by atoms with Gasteiger partial charge in [-0.15, -0.1) is 0 Å². The molecule has 1 atom stereocenters. The molecule has 1 aliphatic heterocycles. The van der Waals surface area contributed by atoms with Crippen LogP contribution in [0.3, 0.4) is 0 Å². The Hall–Kier alpha value is -3.88. The van der Waals surface area contributed by atoms with E-state index >= 15 is 0 Å². The molecule has 9 heteroatoms. The lowest BCUT2D eigenvalue weighted by Crippen LogP contribution is -2.29. The van der Waals surface area contributed by atoms with Crippen LogP contribution in [0.4, 0.5) is 23.2 Å². The van der Waals surface area contributed by atoms with Gasteiger partial charge in [-0.25, -0.2) is 4.39 Å². The fraction of sp³-hybridized carbons (Fsp3) is 0.231. The molecule has 1 heterocycles. The molecular formula is C26H22F4N2O3. The van der Waals surface area contributed by atoms with Crippen LogP contribution < -0.4 is 9.75 Å². The summed E-state index contributed by atoms with van der Waals surface area (Å²) in [5.41, 5.74) is 2.31. The van der Waals surface area contributed by atoms with Gasteiger partial charge in [-0.2, -0.15) is 18.3 Å². The van der Waals surface area contributed by atoms with Gasteiger partial charge in [0.15, 0.2) is 0 Å². The van der Waals surface area contributed by atoms with Crippen LogP contribution in [-0.4, -0.2) is 29.0 Å². The Balaban J connectivity index is 1.53. The van der Waals surface area contributed by atoms with Crippen LogP contribution in [0.5, 0.6) is 11.5 Å². The Morgan fingerprint density at radius 2 is 1.71 bits per heavy atom. The number of hydrogen-bond acceptors (Lipinski definition) is 4. The monoisotopic (exact) mass is 486 g/mol. The molecular weight excluding hydrogens is 464 g/mol. The minimum absolute atomic E-state index is 0.317. The van der Waals surface area contributed by atoms with Gasteiger partial charge in [-0.05, 0) is 73.5 Å². The molecule has 0 aromatic heterocycles. The molecule has 5 nitrogen and oxygen atoms in total. The average molecular weight is 486 g/mol. The van der Waals surface area contributed by atoms with Crippen LogP contribution in [0.1, 0.15) is 24.0 Å². The van der Waals surface area contributed by atoms with Gasteiger partial charge in [0.05, 0.1) is 18.2 Å². The number of benzene rings is 3. The predicted octanol–water partition coefficient (Wildman–Crippen LogP) is 6.87. The average Bonchev–Trinajstić information content (AvgIpc) is 3.20. The summed E-state index contributed by atoms with van der Waals surface area (Å²) < 4.78 is 59.6. The van der Waals surface area contributed by atoms with Crippen molar-refractivity contribution in [2.75, 3.05) is 5.01 Å². The van der Waals surface area contributed by atoms with Crippen LogP contribution in [0.15, 0.2) is 65.8 Å². The molecule has 0 fully saturated rings. The van der Waals surface area contributed by atoms with Gasteiger partial charge in [-0.3, -0.25) is 9.80 Å². The first kappa shape index (κ1) is 24.3. The number of carboxylic acids is 1. The number of halogens is 4. The highest BCUT2D eigenvalue weighted by Gasteiger charge is 2.43. The van der Waals surface area contributed by atoms with Crippen molar-refractivity contribution in [3.63, 3.8) is 0 Å². The van der Waals surface area contributed by atoms with Crippen molar-refractivity contribution >= 4 is 17.4 Å². The SMILES string of the molecule is Cc1ccc(F)c(-c2ccc(Oc3ccc(N4N=C(C(F)(F)F)CC4CC(=O)O)cc3)cc2C)c1. The van der Waals surface area contributed by atoms with Gasteiger partial charge in [-0.1, -0.05) is 17.7 Å². The molecule has 0 saturated heterocycles. The summed E-state index contributed by atoms with van der Waals surface area (Å²) in [6.07, 6.45) is -5.60. The summed E-state index contributed by atoms with van der Waals surface area (Å²) in [6.45, 7) is 3.74. The summed E-state index contributed by atoms with van der Waals surface area (Å²) >= 11 is 0. The molecule has 1 unspecified atom stereocenters. The fourth-order valence-corrected chi connectivity index (χ4v) is 4.01. The van der Waals surface area contributed by atoms with Gasteiger partial charge < -0.3 is 9.84 Å². The second-order valence-electron chi connectivity index (χ2n) is 8.40. The Morgan fingerprint density at radius 3 is 2.34 bits per heavy atom. The van der Waals surface area contributed by atoms with Crippen molar-refractivity contribution < 1.29 is 32.2 Å². The number of rotatable bonds is 6. The Bertz CT molecular complexity index is 1290. The third kappa shape index (κ3) is 5.45. The zero-order valence-electron chi connectivity index (χ0n) is 18.9. The summed E-state index contributed by atoms with van der Waals surface area (Å²) in [7, 11) is 0. The van der Waals surface area contributed by atoms with Crippen molar-refractivity contribution in [3.05, 3.63) is 77.6 Å². The van der Waals surface area contributed by atoms with Gasteiger partial charge in [0.2, 0.25) is 0 Å². The molecule has 4 rings (SSSR count). The van der Waals surface area contributed by atoms with Gasteiger partial charge in [0.1, 0.15) is 23.0 Å². The molecule has 0 amide bonds. The molecule has 0 spiro atoms. The second-order valence-corrected chi connectivity index (χ2v) is 8.40. The molecule has 1 aliphatic rings. The van der Waals surface area contributed by atoms with E-state index in [4.69, 9.17) is 9.84 Å². The number of hydrogen-bond donors (Lipinski definition) is 1. The topological polar surface area (TPSA) is 62.1 Å². The van der Waals surface area contributed by atoms with Crippen molar-refractivity contribution in [1.29, 1.82) is 0 Å². The van der Waals surface area contributed by atoms with E-state index in [1.54, 1.807) is 42.5 Å². The molecule has 35 heavy (non-hydrogen) atoms. The summed E-state index contributed by atoms with van der Waals surface area (Å²) in [4.78, 5) is 11.1. The van der Waals surface area contributed by atoms with E-state index in [-0.39, 0.29) is 5.82 Å². The minimum Gasteiger partial charge on any atom is -0.481 e. The Kier molecular flexibility index (Phi) is 6.51. The normalized spacial score (nSPS) is 15.8. The number of aliphatic carboxylic acids is 1. The molecule has 3 aromatic rings. The number of carbonyl (C=O) groups is 1. The Morgan fingerprint density at radius 1 is 1.03 bits per heavy atom. The first-order valence-electron chi connectivity index (χ1n) is 10.8. The van der Waals surface area contributed by atoms with E-state index < -0.39 is 36.7 Å². The maximum Gasteiger partial charge on any atom is 0.431 e. The maximum atomic E-state index is 14.3. The fourth-order valence-electron chi connectivity index (χ4n) is 4.01. The molecule has 0 bridgehead atoms. The van der Waals surface area contributed by atoms with Crippen molar-refractivity contribution in [3.8, 4) is 22.6 Å². The van der Waals surface area contributed by atoms with E-state index in [2.05, 4.69) is 5.10 Å². The maximum absolute atomic E-state index is 14.3. The van der Waals surface area contributed by atoms with Crippen molar-refractivity contribution in [2.45, 2.75) is 38.9 Å². The molecule has 0 radical (unpaired) electrons. The standard InChI is InChI=1S/C26H22F4N2O3/c1-15-3-10-23(27)22(11-15)21-9-8-20(12-16(21)2)35-19-6-4-17(5-7-19)32-18(14-25(33)34)13-24(31-32)26(28,29)30/h3-12,18H,13-14H2,1-2H3,(H,33,34). The number of alkyl halides is 3. The third-order valence-electron chi connectivity index (χ3n) is 5.69. The van der Waals surface area contributed by atoms with E-state index in [0.29, 0.717) is 22.7 Å². The molecule has 182 valence electrons. The number of hydrazone groups is 1. The molecule has 0 aliphatic carbocycles. The molecule has 1 N–H and O–H groups in total. The first-order chi connectivity index (χ1) is 16.5. The van der Waals surface area contributed by atoms with Crippen LogP contribution in [0.25, 0.3) is 11.1 Å². The van der Waals surface area contributed by atoms with E-state index in [1.807, 2.05) is 13.8 Å². The van der Waals surface area contributed by atoms with Crippen LogP contribution in [0.2, 0.25) is 0 Å². The smallest absolute Gasteiger partial charge is 0.431 e. The van der Waals surface area contributed by atoms with Gasteiger partial charge in [0, 0.05) is 12.0 Å². The van der Waals surface area contributed by atoms with E-state index in [9.17, 15) is 22.4 Å².